The van der Waals surface area contributed by atoms with Gasteiger partial charge in [0, 0.05) is 34.9 Å². The van der Waals surface area contributed by atoms with Crippen LogP contribution in [-0.4, -0.2) is 63.7 Å². The molecular weight excluding hydrogens is 536 g/mol. The maximum Gasteiger partial charge on any atom is 0.268 e. The van der Waals surface area contributed by atoms with Crippen LogP contribution in [0.4, 0.5) is 0 Å². The third-order valence-corrected chi connectivity index (χ3v) is 9.64. The molecule has 2 N–H and O–H groups in total. The minimum absolute atomic E-state index is 0.00307. The maximum atomic E-state index is 13.9. The van der Waals surface area contributed by atoms with Crippen LogP contribution in [-0.2, 0) is 9.59 Å². The summed E-state index contributed by atoms with van der Waals surface area (Å²) in [7, 11) is 0. The fourth-order valence-electron chi connectivity index (χ4n) is 7.07. The van der Waals surface area contributed by atoms with E-state index < -0.39 is 11.5 Å². The van der Waals surface area contributed by atoms with Crippen LogP contribution in [0.1, 0.15) is 74.8 Å². The molecule has 8 heteroatoms. The first kappa shape index (κ1) is 27.8. The van der Waals surface area contributed by atoms with Gasteiger partial charge in [-0.1, -0.05) is 62.7 Å². The van der Waals surface area contributed by atoms with E-state index in [1.165, 1.54) is 5.56 Å². The van der Waals surface area contributed by atoms with E-state index in [-0.39, 0.29) is 35.7 Å². The predicted octanol–water partition coefficient (Wildman–Crippen LogP) is 5.75. The van der Waals surface area contributed by atoms with Gasteiger partial charge >= 0.3 is 0 Å². The van der Waals surface area contributed by atoms with E-state index in [4.69, 9.17) is 11.6 Å². The fourth-order valence-corrected chi connectivity index (χ4v) is 7.19. The molecule has 3 amide bonds. The topological polar surface area (TPSA) is 85.5 Å². The Hall–Kier alpha value is -3.32. The number of aromatic amines is 1. The number of piperazine rings is 1. The molecule has 3 fully saturated rings. The predicted molar refractivity (Wildman–Crippen MR) is 161 cm³/mol. The minimum atomic E-state index is -0.673. The molecule has 1 aliphatic carbocycles. The van der Waals surface area contributed by atoms with Gasteiger partial charge in [-0.25, -0.2) is 0 Å². The van der Waals surface area contributed by atoms with Crippen molar-refractivity contribution in [2.75, 3.05) is 13.1 Å². The van der Waals surface area contributed by atoms with Gasteiger partial charge in [0.2, 0.25) is 11.8 Å². The summed E-state index contributed by atoms with van der Waals surface area (Å²) in [6, 6.07) is 17.0. The van der Waals surface area contributed by atoms with E-state index in [1.807, 2.05) is 73.0 Å². The highest BCUT2D eigenvalue weighted by molar-refractivity contribution is 6.30. The van der Waals surface area contributed by atoms with Gasteiger partial charge in [0.15, 0.2) is 0 Å². The van der Waals surface area contributed by atoms with E-state index in [0.29, 0.717) is 24.7 Å². The number of likely N-dealkylation sites (tertiary alicyclic amines) is 2. The molecular formula is C33H39ClN4O3. The number of nitrogens with one attached hydrogen (secondary N) is 2. The molecule has 7 nitrogen and oxygen atoms in total. The molecule has 0 radical (unpaired) electrons. The van der Waals surface area contributed by atoms with Crippen molar-refractivity contribution >= 4 is 40.2 Å². The highest BCUT2D eigenvalue weighted by Gasteiger charge is 2.50. The summed E-state index contributed by atoms with van der Waals surface area (Å²) in [6.45, 7) is 7.05. The van der Waals surface area contributed by atoms with Gasteiger partial charge in [0.05, 0.1) is 12.1 Å². The number of aromatic nitrogens is 1. The zero-order valence-corrected chi connectivity index (χ0v) is 24.8. The van der Waals surface area contributed by atoms with Gasteiger partial charge in [-0.2, -0.15) is 0 Å². The molecule has 2 aromatic carbocycles. The molecule has 1 saturated carbocycles. The van der Waals surface area contributed by atoms with E-state index in [0.717, 1.165) is 48.0 Å². The first-order valence-corrected chi connectivity index (χ1v) is 15.2. The Bertz CT molecular complexity index is 1420. The molecule has 2 saturated heterocycles. The van der Waals surface area contributed by atoms with Crippen molar-refractivity contribution in [3.05, 3.63) is 70.9 Å². The van der Waals surface area contributed by atoms with Gasteiger partial charge in [0.25, 0.3) is 5.91 Å². The van der Waals surface area contributed by atoms with E-state index in [9.17, 15) is 14.4 Å². The molecule has 3 heterocycles. The quantitative estimate of drug-likeness (QED) is 0.407. The van der Waals surface area contributed by atoms with Crippen LogP contribution in [0.15, 0.2) is 54.6 Å². The molecule has 2 aliphatic heterocycles. The van der Waals surface area contributed by atoms with Gasteiger partial charge in [-0.3, -0.25) is 14.4 Å². The normalized spacial score (nSPS) is 25.0. The summed E-state index contributed by atoms with van der Waals surface area (Å²) in [5.74, 6) is 0.432. The van der Waals surface area contributed by atoms with E-state index in [1.54, 1.807) is 0 Å². The van der Waals surface area contributed by atoms with Crippen molar-refractivity contribution in [3.8, 4) is 0 Å². The number of benzene rings is 2. The molecule has 216 valence electrons. The van der Waals surface area contributed by atoms with Gasteiger partial charge in [0.1, 0.15) is 11.7 Å². The average Bonchev–Trinajstić information content (AvgIpc) is 3.69. The largest absolute Gasteiger partial charge is 0.351 e. The summed E-state index contributed by atoms with van der Waals surface area (Å²) in [4.78, 5) is 47.8. The Balaban J connectivity index is 1.07. The summed E-state index contributed by atoms with van der Waals surface area (Å²) < 4.78 is 0. The highest BCUT2D eigenvalue weighted by Crippen LogP contribution is 2.40. The lowest BCUT2D eigenvalue weighted by Crippen LogP contribution is -2.59. The van der Waals surface area contributed by atoms with Crippen molar-refractivity contribution in [2.24, 2.45) is 11.3 Å². The van der Waals surface area contributed by atoms with Crippen molar-refractivity contribution in [2.45, 2.75) is 76.9 Å². The Labute approximate surface area is 246 Å². The zero-order chi connectivity index (χ0) is 28.9. The lowest BCUT2D eigenvalue weighted by atomic mass is 9.78. The second-order valence-corrected chi connectivity index (χ2v) is 13.6. The van der Waals surface area contributed by atoms with Gasteiger partial charge in [-0.15, -0.1) is 0 Å². The van der Waals surface area contributed by atoms with Crippen molar-refractivity contribution in [3.63, 3.8) is 0 Å². The number of halogens is 1. The zero-order valence-electron chi connectivity index (χ0n) is 24.0. The number of H-pyrrole nitrogens is 1. The summed E-state index contributed by atoms with van der Waals surface area (Å²) >= 11 is 6.06. The number of carbonyl (C=O) groups is 3. The second-order valence-electron chi connectivity index (χ2n) is 13.2. The van der Waals surface area contributed by atoms with Crippen LogP contribution >= 0.6 is 11.6 Å². The molecule has 41 heavy (non-hydrogen) atoms. The number of amides is 3. The molecule has 2 bridgehead atoms. The minimum Gasteiger partial charge on any atom is -0.351 e. The molecule has 3 aromatic rings. The summed E-state index contributed by atoms with van der Waals surface area (Å²) in [5, 5.41) is 4.73. The third-order valence-electron chi connectivity index (χ3n) is 9.39. The summed E-state index contributed by atoms with van der Waals surface area (Å²) in [6.07, 6.45) is 4.62. The van der Waals surface area contributed by atoms with Crippen molar-refractivity contribution in [1.29, 1.82) is 0 Å². The Morgan fingerprint density at radius 1 is 0.927 bits per heavy atom. The van der Waals surface area contributed by atoms with E-state index in [2.05, 4.69) is 22.4 Å². The third kappa shape index (κ3) is 5.49. The fraction of sp³-hybridized carbons (Fsp3) is 0.485. The first-order chi connectivity index (χ1) is 19.6. The molecule has 3 aliphatic rings. The standard InChI is InChI=1S/C33H39ClN4O3/c1-33(2,3)29(36-30(39)28-16-23-6-4-5-7-27(23)35-28)32(41)38-19-25-17-26(38)18-37(25)31(40)22-10-8-20(9-11-22)21-12-14-24(34)15-13-21/h4-7,12-16,20,22,25-26,29,35H,8-11,17-19H2,1-3H3,(H,36,39)/t20?,22?,25-,26-,29?/m0/s1. The molecule has 3 atom stereocenters. The van der Waals surface area contributed by atoms with E-state index >= 15 is 0 Å². The molecule has 6 rings (SSSR count). The van der Waals surface area contributed by atoms with Crippen LogP contribution in [0, 0.1) is 11.3 Å². The monoisotopic (exact) mass is 574 g/mol. The van der Waals surface area contributed by atoms with Crippen LogP contribution in [0.2, 0.25) is 5.02 Å². The number of nitrogens with zero attached hydrogens (tertiary/aromatic N) is 2. The molecule has 1 aromatic heterocycles. The van der Waals surface area contributed by atoms with Gasteiger partial charge < -0.3 is 20.1 Å². The highest BCUT2D eigenvalue weighted by atomic mass is 35.5. The van der Waals surface area contributed by atoms with Crippen LogP contribution in [0.25, 0.3) is 10.9 Å². The average molecular weight is 575 g/mol. The Morgan fingerprint density at radius 3 is 2.22 bits per heavy atom. The van der Waals surface area contributed by atoms with Crippen molar-refractivity contribution < 1.29 is 14.4 Å². The number of carbonyl (C=O) groups excluding carboxylic acids is 3. The maximum absolute atomic E-state index is 13.9. The SMILES string of the molecule is CC(C)(C)C(NC(=O)c1cc2ccccc2[nH]1)C(=O)N1C[C@@H]2C[C@H]1CN2C(=O)C1CCC(c2ccc(Cl)cc2)CC1. The number of hydrogen-bond donors (Lipinski definition) is 2. The van der Waals surface area contributed by atoms with Crippen LogP contribution in [0.3, 0.4) is 0 Å². The van der Waals surface area contributed by atoms with Crippen molar-refractivity contribution in [1.82, 2.24) is 20.1 Å². The first-order valence-electron chi connectivity index (χ1n) is 14.8. The lowest BCUT2D eigenvalue weighted by molar-refractivity contribution is -0.145. The Kier molecular flexibility index (Phi) is 7.35. The number of para-hydroxylation sites is 1. The molecule has 1 unspecified atom stereocenters. The Morgan fingerprint density at radius 2 is 1.59 bits per heavy atom. The number of fused-ring (bicyclic) bond motifs is 3. The second kappa shape index (κ2) is 10.8. The summed E-state index contributed by atoms with van der Waals surface area (Å²) in [5.41, 5.74) is 2.16. The smallest absolute Gasteiger partial charge is 0.268 e. The number of hydrogen-bond acceptors (Lipinski definition) is 3. The number of rotatable bonds is 5. The van der Waals surface area contributed by atoms with Gasteiger partial charge in [-0.05, 0) is 73.3 Å². The lowest BCUT2D eigenvalue weighted by Gasteiger charge is -2.40. The van der Waals surface area contributed by atoms with Crippen LogP contribution < -0.4 is 5.32 Å². The van der Waals surface area contributed by atoms with Crippen LogP contribution in [0.5, 0.6) is 0 Å². The molecule has 0 spiro atoms.